The summed E-state index contributed by atoms with van der Waals surface area (Å²) in [6.07, 6.45) is 2.75. The Balaban J connectivity index is 1.99. The molecule has 2 unspecified atom stereocenters. The SMILES string of the molecule is COCCOCCCOC(=O)C1CC(C)CCN1. The van der Waals surface area contributed by atoms with Crippen LogP contribution in [0.4, 0.5) is 0 Å². The molecule has 0 saturated carbocycles. The number of nitrogens with one attached hydrogen (secondary N) is 1. The Bertz CT molecular complexity index is 235. The number of hydrogen-bond donors (Lipinski definition) is 1. The summed E-state index contributed by atoms with van der Waals surface area (Å²) in [6.45, 7) is 5.30. The molecule has 18 heavy (non-hydrogen) atoms. The summed E-state index contributed by atoms with van der Waals surface area (Å²) >= 11 is 0. The topological polar surface area (TPSA) is 56.8 Å². The van der Waals surface area contributed by atoms with Gasteiger partial charge in [-0.15, -0.1) is 0 Å². The van der Waals surface area contributed by atoms with Crippen molar-refractivity contribution in [3.63, 3.8) is 0 Å². The number of esters is 1. The number of methoxy groups -OCH3 is 1. The van der Waals surface area contributed by atoms with Gasteiger partial charge in [-0.05, 0) is 25.3 Å². The summed E-state index contributed by atoms with van der Waals surface area (Å²) in [7, 11) is 1.64. The van der Waals surface area contributed by atoms with Gasteiger partial charge in [-0.1, -0.05) is 6.92 Å². The molecule has 0 amide bonds. The van der Waals surface area contributed by atoms with Crippen molar-refractivity contribution in [2.24, 2.45) is 5.92 Å². The zero-order valence-corrected chi connectivity index (χ0v) is 11.4. The molecule has 1 aliphatic rings. The Morgan fingerprint density at radius 3 is 2.83 bits per heavy atom. The second-order valence-electron chi connectivity index (χ2n) is 4.76. The molecule has 1 rings (SSSR count). The van der Waals surface area contributed by atoms with Gasteiger partial charge in [-0.3, -0.25) is 4.79 Å². The van der Waals surface area contributed by atoms with Crippen LogP contribution in [0, 0.1) is 5.92 Å². The lowest BCUT2D eigenvalue weighted by molar-refractivity contribution is -0.147. The molecule has 1 saturated heterocycles. The summed E-state index contributed by atoms with van der Waals surface area (Å²) in [5, 5.41) is 3.20. The van der Waals surface area contributed by atoms with Crippen LogP contribution in [-0.2, 0) is 19.0 Å². The van der Waals surface area contributed by atoms with E-state index in [1.807, 2.05) is 0 Å². The molecule has 0 radical (unpaired) electrons. The largest absolute Gasteiger partial charge is 0.464 e. The van der Waals surface area contributed by atoms with Gasteiger partial charge in [-0.25, -0.2) is 0 Å². The molecule has 0 aromatic rings. The fourth-order valence-electron chi connectivity index (χ4n) is 1.97. The zero-order chi connectivity index (χ0) is 13.2. The van der Waals surface area contributed by atoms with Crippen LogP contribution in [-0.4, -0.2) is 52.1 Å². The molecule has 106 valence electrons. The minimum Gasteiger partial charge on any atom is -0.464 e. The molecular weight excluding hydrogens is 234 g/mol. The summed E-state index contributed by atoms with van der Waals surface area (Å²) in [4.78, 5) is 11.7. The van der Waals surface area contributed by atoms with Crippen LogP contribution in [0.15, 0.2) is 0 Å². The molecule has 1 heterocycles. The molecular formula is C13H25NO4. The highest BCUT2D eigenvalue weighted by Gasteiger charge is 2.25. The van der Waals surface area contributed by atoms with E-state index in [-0.39, 0.29) is 12.0 Å². The third-order valence-corrected chi connectivity index (χ3v) is 3.06. The lowest BCUT2D eigenvalue weighted by Gasteiger charge is -2.26. The van der Waals surface area contributed by atoms with Crippen LogP contribution in [0.25, 0.3) is 0 Å². The van der Waals surface area contributed by atoms with Crippen LogP contribution < -0.4 is 5.32 Å². The van der Waals surface area contributed by atoms with Gasteiger partial charge in [0.2, 0.25) is 0 Å². The van der Waals surface area contributed by atoms with Crippen LogP contribution in [0.5, 0.6) is 0 Å². The summed E-state index contributed by atoms with van der Waals surface area (Å²) < 4.78 is 15.4. The molecule has 1 aliphatic heterocycles. The quantitative estimate of drug-likeness (QED) is 0.520. The van der Waals surface area contributed by atoms with E-state index in [0.717, 1.165) is 25.8 Å². The van der Waals surface area contributed by atoms with Crippen LogP contribution in [0.1, 0.15) is 26.2 Å². The Hall–Kier alpha value is -0.650. The van der Waals surface area contributed by atoms with Gasteiger partial charge in [0.25, 0.3) is 0 Å². The van der Waals surface area contributed by atoms with Crippen molar-refractivity contribution in [3.05, 3.63) is 0 Å². The van der Waals surface area contributed by atoms with Gasteiger partial charge in [0, 0.05) is 20.1 Å². The lowest BCUT2D eigenvalue weighted by Crippen LogP contribution is -2.44. The summed E-state index contributed by atoms with van der Waals surface area (Å²) in [5.41, 5.74) is 0. The van der Waals surface area contributed by atoms with Crippen LogP contribution >= 0.6 is 0 Å². The monoisotopic (exact) mass is 259 g/mol. The molecule has 0 spiro atoms. The summed E-state index contributed by atoms with van der Waals surface area (Å²) in [5.74, 6) is 0.472. The van der Waals surface area contributed by atoms with E-state index < -0.39 is 0 Å². The molecule has 0 aromatic heterocycles. The van der Waals surface area contributed by atoms with E-state index in [1.54, 1.807) is 7.11 Å². The second-order valence-corrected chi connectivity index (χ2v) is 4.76. The van der Waals surface area contributed by atoms with E-state index in [9.17, 15) is 4.79 Å². The predicted octanol–water partition coefficient (Wildman–Crippen LogP) is 0.971. The molecule has 1 fully saturated rings. The average molecular weight is 259 g/mol. The second kappa shape index (κ2) is 9.30. The Morgan fingerprint density at radius 1 is 1.28 bits per heavy atom. The average Bonchev–Trinajstić information content (AvgIpc) is 2.37. The van der Waals surface area contributed by atoms with Crippen molar-refractivity contribution in [1.29, 1.82) is 0 Å². The smallest absolute Gasteiger partial charge is 0.323 e. The van der Waals surface area contributed by atoms with E-state index in [1.165, 1.54) is 0 Å². The Kier molecular flexibility index (Phi) is 7.96. The van der Waals surface area contributed by atoms with Crippen molar-refractivity contribution >= 4 is 5.97 Å². The fraction of sp³-hybridized carbons (Fsp3) is 0.923. The van der Waals surface area contributed by atoms with Gasteiger partial charge >= 0.3 is 5.97 Å². The van der Waals surface area contributed by atoms with Crippen LogP contribution in [0.3, 0.4) is 0 Å². The predicted molar refractivity (Wildman–Crippen MR) is 68.5 cm³/mol. The first-order valence-electron chi connectivity index (χ1n) is 6.70. The third-order valence-electron chi connectivity index (χ3n) is 3.06. The number of piperidine rings is 1. The first-order chi connectivity index (χ1) is 8.74. The van der Waals surface area contributed by atoms with E-state index in [4.69, 9.17) is 14.2 Å². The van der Waals surface area contributed by atoms with Crippen molar-refractivity contribution < 1.29 is 19.0 Å². The Morgan fingerprint density at radius 2 is 2.11 bits per heavy atom. The number of carbonyl (C=O) groups excluding carboxylic acids is 1. The van der Waals surface area contributed by atoms with Crippen molar-refractivity contribution in [2.75, 3.05) is 40.1 Å². The maximum absolute atomic E-state index is 11.7. The molecule has 0 bridgehead atoms. The maximum Gasteiger partial charge on any atom is 0.323 e. The molecule has 5 heteroatoms. The molecule has 0 aromatic carbocycles. The maximum atomic E-state index is 11.7. The molecule has 2 atom stereocenters. The highest BCUT2D eigenvalue weighted by Crippen LogP contribution is 2.15. The molecule has 5 nitrogen and oxygen atoms in total. The van der Waals surface area contributed by atoms with E-state index >= 15 is 0 Å². The Labute approximate surface area is 109 Å². The highest BCUT2D eigenvalue weighted by atomic mass is 16.5. The number of ether oxygens (including phenoxy) is 3. The number of carbonyl (C=O) groups is 1. The number of hydrogen-bond acceptors (Lipinski definition) is 5. The first-order valence-corrected chi connectivity index (χ1v) is 6.70. The standard InChI is InChI=1S/C13H25NO4/c1-11-4-5-14-12(10-11)13(15)18-7-3-6-17-9-8-16-2/h11-12,14H,3-10H2,1-2H3. The molecule has 1 N–H and O–H groups in total. The summed E-state index contributed by atoms with van der Waals surface area (Å²) in [6, 6.07) is -0.122. The highest BCUT2D eigenvalue weighted by molar-refractivity contribution is 5.75. The number of rotatable bonds is 8. The minimum atomic E-state index is -0.126. The van der Waals surface area contributed by atoms with Crippen molar-refractivity contribution in [1.82, 2.24) is 5.32 Å². The van der Waals surface area contributed by atoms with Crippen molar-refractivity contribution in [3.8, 4) is 0 Å². The third kappa shape index (κ3) is 6.33. The van der Waals surface area contributed by atoms with E-state index in [0.29, 0.717) is 32.3 Å². The van der Waals surface area contributed by atoms with Gasteiger partial charge in [0.1, 0.15) is 6.04 Å². The fourth-order valence-corrected chi connectivity index (χ4v) is 1.97. The first kappa shape index (κ1) is 15.4. The van der Waals surface area contributed by atoms with Gasteiger partial charge in [0.15, 0.2) is 0 Å². The van der Waals surface area contributed by atoms with E-state index in [2.05, 4.69) is 12.2 Å². The lowest BCUT2D eigenvalue weighted by atomic mass is 9.94. The van der Waals surface area contributed by atoms with Gasteiger partial charge in [0.05, 0.1) is 19.8 Å². The molecule has 0 aliphatic carbocycles. The van der Waals surface area contributed by atoms with Gasteiger partial charge in [-0.2, -0.15) is 0 Å². The minimum absolute atomic E-state index is 0.122. The normalized spacial score (nSPS) is 23.9. The van der Waals surface area contributed by atoms with Crippen molar-refractivity contribution in [2.45, 2.75) is 32.2 Å². The zero-order valence-electron chi connectivity index (χ0n) is 11.4. The van der Waals surface area contributed by atoms with Crippen LogP contribution in [0.2, 0.25) is 0 Å². The van der Waals surface area contributed by atoms with Gasteiger partial charge < -0.3 is 19.5 Å².